The van der Waals surface area contributed by atoms with E-state index in [0.29, 0.717) is 35.8 Å². The SMILES string of the molecule is COc1cc2c(cc1OC)[C@@H](COc1ccc([N+](=O)[O-])cc1)N(C(=O)c1ccc([N+](=O)[O-])cc1)CC2. The second-order valence-corrected chi connectivity index (χ2v) is 8.04. The third kappa shape index (κ3) is 4.90. The minimum absolute atomic E-state index is 0.0582. The van der Waals surface area contributed by atoms with Crippen LogP contribution in [0, 0.1) is 20.2 Å². The predicted molar refractivity (Wildman–Crippen MR) is 129 cm³/mol. The normalized spacial score (nSPS) is 14.5. The van der Waals surface area contributed by atoms with Crippen molar-refractivity contribution in [3.8, 4) is 17.2 Å². The van der Waals surface area contributed by atoms with Gasteiger partial charge in [0.05, 0.1) is 30.1 Å². The maximum atomic E-state index is 13.5. The summed E-state index contributed by atoms with van der Waals surface area (Å²) in [6.45, 7) is 0.450. The Hall–Kier alpha value is -4.67. The molecule has 1 atom stereocenters. The number of amides is 1. The molecule has 0 bridgehead atoms. The average Bonchev–Trinajstić information content (AvgIpc) is 2.90. The summed E-state index contributed by atoms with van der Waals surface area (Å²) in [4.78, 5) is 36.1. The summed E-state index contributed by atoms with van der Waals surface area (Å²) in [7, 11) is 3.07. The summed E-state index contributed by atoms with van der Waals surface area (Å²) in [5.41, 5.74) is 1.93. The van der Waals surface area contributed by atoms with Crippen LogP contribution >= 0.6 is 0 Å². The quantitative estimate of drug-likeness (QED) is 0.334. The van der Waals surface area contributed by atoms with Crippen molar-refractivity contribution in [2.24, 2.45) is 0 Å². The van der Waals surface area contributed by atoms with Gasteiger partial charge in [-0.05, 0) is 53.9 Å². The first-order chi connectivity index (χ1) is 17.3. The van der Waals surface area contributed by atoms with Crippen molar-refractivity contribution in [3.05, 3.63) is 97.6 Å². The number of benzene rings is 3. The van der Waals surface area contributed by atoms with E-state index < -0.39 is 15.9 Å². The van der Waals surface area contributed by atoms with E-state index in [1.165, 1.54) is 55.6 Å². The van der Waals surface area contributed by atoms with Gasteiger partial charge in [-0.25, -0.2) is 0 Å². The monoisotopic (exact) mass is 493 g/mol. The summed E-state index contributed by atoms with van der Waals surface area (Å²) in [6.07, 6.45) is 0.558. The molecule has 0 saturated heterocycles. The lowest BCUT2D eigenvalue weighted by atomic mass is 9.91. The van der Waals surface area contributed by atoms with Gasteiger partial charge >= 0.3 is 0 Å². The number of carbonyl (C=O) groups excluding carboxylic acids is 1. The van der Waals surface area contributed by atoms with Crippen LogP contribution in [0.15, 0.2) is 60.7 Å². The molecule has 4 rings (SSSR count). The summed E-state index contributed by atoms with van der Waals surface area (Å²) in [5, 5.41) is 21.9. The number of fused-ring (bicyclic) bond motifs is 1. The Morgan fingerprint density at radius 2 is 1.47 bits per heavy atom. The molecular formula is C25H23N3O8. The fraction of sp³-hybridized carbons (Fsp3) is 0.240. The van der Waals surface area contributed by atoms with Crippen molar-refractivity contribution < 1.29 is 28.9 Å². The van der Waals surface area contributed by atoms with Crippen LogP contribution in [0.3, 0.4) is 0 Å². The molecule has 0 unspecified atom stereocenters. The van der Waals surface area contributed by atoms with Gasteiger partial charge in [-0.3, -0.25) is 25.0 Å². The van der Waals surface area contributed by atoms with Crippen molar-refractivity contribution in [2.45, 2.75) is 12.5 Å². The van der Waals surface area contributed by atoms with E-state index in [4.69, 9.17) is 14.2 Å². The molecule has 11 nitrogen and oxygen atoms in total. The Balaban J connectivity index is 1.67. The zero-order valence-electron chi connectivity index (χ0n) is 19.6. The Bertz CT molecular complexity index is 1290. The molecule has 3 aromatic rings. The molecule has 0 radical (unpaired) electrons. The van der Waals surface area contributed by atoms with Gasteiger partial charge in [-0.1, -0.05) is 0 Å². The molecule has 0 spiro atoms. The zero-order valence-corrected chi connectivity index (χ0v) is 19.6. The van der Waals surface area contributed by atoms with Gasteiger partial charge in [0.15, 0.2) is 11.5 Å². The molecule has 1 amide bonds. The molecule has 36 heavy (non-hydrogen) atoms. The smallest absolute Gasteiger partial charge is 0.269 e. The second-order valence-electron chi connectivity index (χ2n) is 8.04. The molecule has 11 heteroatoms. The van der Waals surface area contributed by atoms with E-state index in [1.54, 1.807) is 12.0 Å². The number of rotatable bonds is 8. The van der Waals surface area contributed by atoms with Crippen LogP contribution < -0.4 is 14.2 Å². The number of nitro groups is 2. The number of nitro benzene ring substituents is 2. The third-order valence-electron chi connectivity index (χ3n) is 6.04. The van der Waals surface area contributed by atoms with E-state index in [-0.39, 0.29) is 23.9 Å². The first-order valence-electron chi connectivity index (χ1n) is 11.0. The number of nitrogens with zero attached hydrogens (tertiary/aromatic N) is 3. The highest BCUT2D eigenvalue weighted by Gasteiger charge is 2.33. The zero-order chi connectivity index (χ0) is 25.8. The summed E-state index contributed by atoms with van der Waals surface area (Å²) in [5.74, 6) is 1.18. The van der Waals surface area contributed by atoms with Gasteiger partial charge in [0.2, 0.25) is 0 Å². The number of ether oxygens (including phenoxy) is 3. The lowest BCUT2D eigenvalue weighted by molar-refractivity contribution is -0.385. The molecule has 186 valence electrons. The van der Waals surface area contributed by atoms with Gasteiger partial charge in [-0.15, -0.1) is 0 Å². The van der Waals surface area contributed by atoms with Gasteiger partial charge in [0, 0.05) is 36.4 Å². The lowest BCUT2D eigenvalue weighted by Gasteiger charge is -2.37. The Morgan fingerprint density at radius 1 is 0.917 bits per heavy atom. The molecule has 0 N–H and O–H groups in total. The fourth-order valence-electron chi connectivity index (χ4n) is 4.18. The van der Waals surface area contributed by atoms with E-state index in [9.17, 15) is 25.0 Å². The number of hydrogen-bond acceptors (Lipinski definition) is 8. The van der Waals surface area contributed by atoms with Crippen molar-refractivity contribution in [2.75, 3.05) is 27.4 Å². The topological polar surface area (TPSA) is 134 Å². The highest BCUT2D eigenvalue weighted by Crippen LogP contribution is 2.39. The number of hydrogen-bond donors (Lipinski definition) is 0. The van der Waals surface area contributed by atoms with Crippen LogP contribution in [0.4, 0.5) is 11.4 Å². The predicted octanol–water partition coefficient (Wildman–Crippen LogP) is 4.34. The average molecular weight is 493 g/mol. The lowest BCUT2D eigenvalue weighted by Crippen LogP contribution is -2.42. The molecular weight excluding hydrogens is 470 g/mol. The van der Waals surface area contributed by atoms with Crippen molar-refractivity contribution in [3.63, 3.8) is 0 Å². The van der Waals surface area contributed by atoms with E-state index in [1.807, 2.05) is 12.1 Å². The van der Waals surface area contributed by atoms with Gasteiger partial charge < -0.3 is 19.1 Å². The molecule has 0 fully saturated rings. The van der Waals surface area contributed by atoms with E-state index in [2.05, 4.69) is 0 Å². The summed E-state index contributed by atoms with van der Waals surface area (Å²) in [6, 6.07) is 14.3. The van der Waals surface area contributed by atoms with Crippen LogP contribution in [-0.4, -0.2) is 48.0 Å². The molecule has 0 aliphatic carbocycles. The van der Waals surface area contributed by atoms with Crippen LogP contribution in [0.2, 0.25) is 0 Å². The summed E-state index contributed by atoms with van der Waals surface area (Å²) >= 11 is 0. The minimum atomic E-state index is -0.522. The maximum Gasteiger partial charge on any atom is 0.269 e. The second kappa shape index (κ2) is 10.3. The van der Waals surface area contributed by atoms with Crippen molar-refractivity contribution in [1.29, 1.82) is 0 Å². The highest BCUT2D eigenvalue weighted by molar-refractivity contribution is 5.95. The van der Waals surface area contributed by atoms with Crippen LogP contribution in [0.5, 0.6) is 17.2 Å². The molecule has 0 saturated carbocycles. The molecule has 1 aliphatic rings. The Morgan fingerprint density at radius 3 is 2.03 bits per heavy atom. The molecule has 1 heterocycles. The van der Waals surface area contributed by atoms with Crippen molar-refractivity contribution >= 4 is 17.3 Å². The minimum Gasteiger partial charge on any atom is -0.493 e. The van der Waals surface area contributed by atoms with Crippen LogP contribution in [0.25, 0.3) is 0 Å². The number of non-ortho nitro benzene ring substituents is 2. The molecule has 0 aromatic heterocycles. The van der Waals surface area contributed by atoms with Crippen LogP contribution in [0.1, 0.15) is 27.5 Å². The largest absolute Gasteiger partial charge is 0.493 e. The highest BCUT2D eigenvalue weighted by atomic mass is 16.6. The van der Waals surface area contributed by atoms with E-state index in [0.717, 1.165) is 11.1 Å². The standard InChI is InChI=1S/C25H23N3O8/c1-34-23-13-17-11-12-26(25(29)16-3-5-18(6-4-16)27(30)31)22(21(17)14-24(23)35-2)15-36-20-9-7-19(8-10-20)28(32)33/h3-10,13-14,22H,11-12,15H2,1-2H3/t22-/m1/s1. The molecule has 3 aromatic carbocycles. The first-order valence-corrected chi connectivity index (χ1v) is 11.0. The van der Waals surface area contributed by atoms with Crippen LogP contribution in [-0.2, 0) is 6.42 Å². The Kier molecular flexibility index (Phi) is 7.00. The van der Waals surface area contributed by atoms with E-state index >= 15 is 0 Å². The third-order valence-corrected chi connectivity index (χ3v) is 6.04. The van der Waals surface area contributed by atoms with Crippen molar-refractivity contribution in [1.82, 2.24) is 4.90 Å². The number of carbonyl (C=O) groups is 1. The van der Waals surface area contributed by atoms with Gasteiger partial charge in [-0.2, -0.15) is 0 Å². The summed E-state index contributed by atoms with van der Waals surface area (Å²) < 4.78 is 16.8. The molecule has 1 aliphatic heterocycles. The first kappa shape index (κ1) is 24.5. The van der Waals surface area contributed by atoms with Gasteiger partial charge in [0.1, 0.15) is 12.4 Å². The Labute approximate surface area is 206 Å². The van der Waals surface area contributed by atoms with Gasteiger partial charge in [0.25, 0.3) is 17.3 Å². The maximum absolute atomic E-state index is 13.5. The fourth-order valence-corrected chi connectivity index (χ4v) is 4.18. The number of methoxy groups -OCH3 is 2.